The number of nitrogens with zero attached hydrogens (tertiary/aromatic N) is 1. The van der Waals surface area contributed by atoms with Crippen LogP contribution in [0.4, 0.5) is 5.69 Å². The van der Waals surface area contributed by atoms with Crippen LogP contribution in [-0.2, 0) is 5.75 Å². The van der Waals surface area contributed by atoms with E-state index < -0.39 is 0 Å². The van der Waals surface area contributed by atoms with Crippen LogP contribution in [0.15, 0.2) is 120 Å². The fraction of sp³-hybridized carbons (Fsp3) is 0.107. The first-order chi connectivity index (χ1) is 14.8. The lowest BCUT2D eigenvalue weighted by atomic mass is 9.92. The van der Waals surface area contributed by atoms with Crippen LogP contribution in [-0.4, -0.2) is 5.04 Å². The van der Waals surface area contributed by atoms with Gasteiger partial charge in [0.2, 0.25) is 0 Å². The molecule has 0 N–H and O–H groups in total. The second kappa shape index (κ2) is 10.1. The van der Waals surface area contributed by atoms with Crippen molar-refractivity contribution in [3.63, 3.8) is 0 Å². The Kier molecular flexibility index (Phi) is 6.79. The number of rotatable bonds is 6. The summed E-state index contributed by atoms with van der Waals surface area (Å²) in [5, 5.41) is 1.11. The van der Waals surface area contributed by atoms with E-state index in [0.29, 0.717) is 0 Å². The lowest BCUT2D eigenvalue weighted by molar-refractivity contribution is 1.09. The van der Waals surface area contributed by atoms with E-state index in [-0.39, 0.29) is 5.92 Å². The zero-order valence-corrected chi connectivity index (χ0v) is 17.9. The van der Waals surface area contributed by atoms with Gasteiger partial charge in [-0.25, -0.2) is 4.99 Å². The molecule has 0 saturated carbocycles. The third-order valence-corrected chi connectivity index (χ3v) is 6.12. The fourth-order valence-corrected chi connectivity index (χ4v) is 4.54. The van der Waals surface area contributed by atoms with Gasteiger partial charge in [0, 0.05) is 5.75 Å². The predicted octanol–water partition coefficient (Wildman–Crippen LogP) is 7.79. The molecular formula is C28H25NS. The molecule has 0 radical (unpaired) electrons. The lowest BCUT2D eigenvalue weighted by Gasteiger charge is -2.20. The van der Waals surface area contributed by atoms with E-state index in [9.17, 15) is 0 Å². The summed E-state index contributed by atoms with van der Waals surface area (Å²) < 4.78 is 0. The number of aryl methyl sites for hydroxylation is 1. The minimum Gasteiger partial charge on any atom is -0.246 e. The topological polar surface area (TPSA) is 12.4 Å². The van der Waals surface area contributed by atoms with E-state index in [1.807, 2.05) is 11.8 Å². The molecule has 0 aliphatic carbocycles. The Morgan fingerprint density at radius 1 is 0.667 bits per heavy atom. The van der Waals surface area contributed by atoms with E-state index in [1.54, 1.807) is 0 Å². The van der Waals surface area contributed by atoms with E-state index in [4.69, 9.17) is 4.99 Å². The van der Waals surface area contributed by atoms with Crippen LogP contribution in [0.2, 0.25) is 0 Å². The van der Waals surface area contributed by atoms with Crippen molar-refractivity contribution < 1.29 is 0 Å². The normalized spacial score (nSPS) is 11.6. The highest BCUT2D eigenvalue weighted by molar-refractivity contribution is 8.13. The Morgan fingerprint density at radius 2 is 1.17 bits per heavy atom. The number of hydrogen-bond acceptors (Lipinski definition) is 2. The van der Waals surface area contributed by atoms with Crippen LogP contribution in [0.3, 0.4) is 0 Å². The van der Waals surface area contributed by atoms with Crippen molar-refractivity contribution in [1.82, 2.24) is 0 Å². The summed E-state index contributed by atoms with van der Waals surface area (Å²) in [5.74, 6) is 0.990. The minimum atomic E-state index is 0.0995. The van der Waals surface area contributed by atoms with Gasteiger partial charge in [-0.15, -0.1) is 11.8 Å². The van der Waals surface area contributed by atoms with Gasteiger partial charge in [-0.3, -0.25) is 0 Å². The molecule has 148 valence electrons. The lowest BCUT2D eigenvalue weighted by Crippen LogP contribution is -2.11. The van der Waals surface area contributed by atoms with E-state index in [1.165, 1.54) is 22.3 Å². The second-order valence-corrected chi connectivity index (χ2v) is 8.31. The summed E-state index contributed by atoms with van der Waals surface area (Å²) in [6.07, 6.45) is 0. The molecule has 0 fully saturated rings. The average Bonchev–Trinajstić information content (AvgIpc) is 2.81. The Hall–Kier alpha value is -3.10. The molecule has 0 amide bonds. The smallest absolute Gasteiger partial charge is 0.0861 e. The standard InChI is InChI=1S/C28H25NS/c1-22-17-19-26(20-18-22)29-28(30-21-23-11-5-2-6-12-23)27(24-13-7-3-8-14-24)25-15-9-4-10-16-25/h2-20,27H,21H2,1H3. The van der Waals surface area contributed by atoms with Gasteiger partial charge in [-0.05, 0) is 35.7 Å². The summed E-state index contributed by atoms with van der Waals surface area (Å²) in [6, 6.07) is 40.4. The summed E-state index contributed by atoms with van der Waals surface area (Å²) >= 11 is 1.82. The number of thioether (sulfide) groups is 1. The van der Waals surface area contributed by atoms with Crippen LogP contribution in [0, 0.1) is 6.92 Å². The molecule has 0 aliphatic rings. The second-order valence-electron chi connectivity index (χ2n) is 7.31. The molecule has 0 aliphatic heterocycles. The summed E-state index contributed by atoms with van der Waals surface area (Å²) in [7, 11) is 0. The van der Waals surface area contributed by atoms with Crippen molar-refractivity contribution in [2.45, 2.75) is 18.6 Å². The Labute approximate surface area is 183 Å². The van der Waals surface area contributed by atoms with Crippen molar-refractivity contribution in [1.29, 1.82) is 0 Å². The van der Waals surface area contributed by atoms with Gasteiger partial charge in [0.1, 0.15) is 0 Å². The maximum atomic E-state index is 5.15. The van der Waals surface area contributed by atoms with E-state index in [0.717, 1.165) is 16.5 Å². The molecular weight excluding hydrogens is 382 g/mol. The molecule has 4 aromatic carbocycles. The first-order valence-corrected chi connectivity index (χ1v) is 11.2. The van der Waals surface area contributed by atoms with Crippen LogP contribution in [0.25, 0.3) is 0 Å². The van der Waals surface area contributed by atoms with Crippen LogP contribution in [0.1, 0.15) is 28.2 Å². The first kappa shape index (κ1) is 20.2. The van der Waals surface area contributed by atoms with Gasteiger partial charge in [-0.1, -0.05) is 109 Å². The number of aliphatic imine (C=N–C) groups is 1. The summed E-state index contributed by atoms with van der Waals surface area (Å²) in [6.45, 7) is 2.11. The van der Waals surface area contributed by atoms with Gasteiger partial charge < -0.3 is 0 Å². The Balaban J connectivity index is 1.77. The van der Waals surface area contributed by atoms with Gasteiger partial charge in [-0.2, -0.15) is 0 Å². The minimum absolute atomic E-state index is 0.0995. The highest BCUT2D eigenvalue weighted by Crippen LogP contribution is 2.34. The van der Waals surface area contributed by atoms with E-state index in [2.05, 4.69) is 122 Å². The Morgan fingerprint density at radius 3 is 1.70 bits per heavy atom. The largest absolute Gasteiger partial charge is 0.246 e. The molecule has 0 spiro atoms. The zero-order valence-electron chi connectivity index (χ0n) is 17.1. The Bertz CT molecular complexity index is 1030. The maximum absolute atomic E-state index is 5.15. The van der Waals surface area contributed by atoms with Gasteiger partial charge in [0.25, 0.3) is 0 Å². The first-order valence-electron chi connectivity index (χ1n) is 10.2. The molecule has 4 aromatic rings. The fourth-order valence-electron chi connectivity index (χ4n) is 3.43. The molecule has 0 heterocycles. The monoisotopic (exact) mass is 407 g/mol. The van der Waals surface area contributed by atoms with Crippen molar-refractivity contribution in [2.24, 2.45) is 4.99 Å². The quantitative estimate of drug-likeness (QED) is 0.235. The molecule has 0 unspecified atom stereocenters. The highest BCUT2D eigenvalue weighted by atomic mass is 32.2. The summed E-state index contributed by atoms with van der Waals surface area (Å²) in [4.78, 5) is 5.15. The number of benzene rings is 4. The zero-order chi connectivity index (χ0) is 20.6. The van der Waals surface area contributed by atoms with E-state index >= 15 is 0 Å². The summed E-state index contributed by atoms with van der Waals surface area (Å²) in [5.41, 5.74) is 6.06. The van der Waals surface area contributed by atoms with Crippen molar-refractivity contribution in [2.75, 3.05) is 0 Å². The van der Waals surface area contributed by atoms with Gasteiger partial charge in [0.15, 0.2) is 0 Å². The van der Waals surface area contributed by atoms with Gasteiger partial charge >= 0.3 is 0 Å². The predicted molar refractivity (Wildman–Crippen MR) is 131 cm³/mol. The molecule has 0 saturated heterocycles. The average molecular weight is 408 g/mol. The molecule has 30 heavy (non-hydrogen) atoms. The molecule has 0 atom stereocenters. The SMILES string of the molecule is Cc1ccc(N=C(SCc2ccccc2)C(c2ccccc2)c2ccccc2)cc1. The van der Waals surface area contributed by atoms with Gasteiger partial charge in [0.05, 0.1) is 16.6 Å². The maximum Gasteiger partial charge on any atom is 0.0861 e. The number of hydrogen-bond donors (Lipinski definition) is 0. The van der Waals surface area contributed by atoms with Crippen molar-refractivity contribution in [3.05, 3.63) is 138 Å². The molecule has 0 aromatic heterocycles. The highest BCUT2D eigenvalue weighted by Gasteiger charge is 2.21. The van der Waals surface area contributed by atoms with Crippen molar-refractivity contribution >= 4 is 22.5 Å². The van der Waals surface area contributed by atoms with Crippen LogP contribution >= 0.6 is 11.8 Å². The third kappa shape index (κ3) is 5.28. The van der Waals surface area contributed by atoms with Crippen LogP contribution < -0.4 is 0 Å². The molecule has 4 rings (SSSR count). The molecule has 0 bridgehead atoms. The van der Waals surface area contributed by atoms with Crippen LogP contribution in [0.5, 0.6) is 0 Å². The molecule has 1 nitrogen and oxygen atoms in total. The van der Waals surface area contributed by atoms with Crippen molar-refractivity contribution in [3.8, 4) is 0 Å². The third-order valence-electron chi connectivity index (χ3n) is 5.02. The molecule has 2 heteroatoms.